The summed E-state index contributed by atoms with van der Waals surface area (Å²) in [5, 5.41) is 10.7. The highest BCUT2D eigenvalue weighted by Crippen LogP contribution is 2.43. The van der Waals surface area contributed by atoms with Crippen LogP contribution in [0.2, 0.25) is 5.02 Å². The van der Waals surface area contributed by atoms with E-state index in [9.17, 15) is 14.3 Å². The molecule has 4 nitrogen and oxygen atoms in total. The highest BCUT2D eigenvalue weighted by Gasteiger charge is 2.24. The molecule has 1 aliphatic rings. The number of nitrogens with zero attached hydrogens (tertiary/aromatic N) is 1. The first-order chi connectivity index (χ1) is 16.9. The number of rotatable bonds is 7. The minimum Gasteiger partial charge on any atom is -0.508 e. The third kappa shape index (κ3) is 5.20. The zero-order valence-electron chi connectivity index (χ0n) is 19.3. The summed E-state index contributed by atoms with van der Waals surface area (Å²) in [6.07, 6.45) is 2.24. The van der Waals surface area contributed by atoms with Crippen LogP contribution >= 0.6 is 22.9 Å². The van der Waals surface area contributed by atoms with Crippen molar-refractivity contribution in [2.24, 2.45) is 5.92 Å². The lowest BCUT2D eigenvalue weighted by molar-refractivity contribution is 0.104. The molecule has 1 atom stereocenters. The van der Waals surface area contributed by atoms with Gasteiger partial charge in [-0.05, 0) is 79.4 Å². The average molecular weight is 510 g/mol. The van der Waals surface area contributed by atoms with Crippen LogP contribution in [0, 0.1) is 11.7 Å². The van der Waals surface area contributed by atoms with Gasteiger partial charge in [0.05, 0.1) is 5.02 Å². The highest BCUT2D eigenvalue weighted by molar-refractivity contribution is 7.21. The van der Waals surface area contributed by atoms with Crippen LogP contribution in [-0.2, 0) is 6.42 Å². The molecule has 7 heteroatoms. The van der Waals surface area contributed by atoms with Gasteiger partial charge in [-0.3, -0.25) is 4.79 Å². The summed E-state index contributed by atoms with van der Waals surface area (Å²) in [5.74, 6) is 1.01. The third-order valence-electron chi connectivity index (χ3n) is 6.38. The van der Waals surface area contributed by atoms with Gasteiger partial charge >= 0.3 is 0 Å². The van der Waals surface area contributed by atoms with Gasteiger partial charge in [0.2, 0.25) is 5.78 Å². The van der Waals surface area contributed by atoms with Crippen molar-refractivity contribution in [2.45, 2.75) is 19.8 Å². The lowest BCUT2D eigenvalue weighted by atomic mass is 10.1. The Hall–Kier alpha value is -2.93. The maximum atomic E-state index is 13.5. The van der Waals surface area contributed by atoms with Crippen molar-refractivity contribution < 1.29 is 19.0 Å². The quantitative estimate of drug-likeness (QED) is 0.265. The summed E-state index contributed by atoms with van der Waals surface area (Å²) in [5.41, 5.74) is 1.42. The Morgan fingerprint density at radius 1 is 1.17 bits per heavy atom. The van der Waals surface area contributed by atoms with Gasteiger partial charge in [-0.25, -0.2) is 4.39 Å². The van der Waals surface area contributed by atoms with E-state index in [1.165, 1.54) is 35.5 Å². The van der Waals surface area contributed by atoms with E-state index in [2.05, 4.69) is 11.8 Å². The molecule has 1 N–H and O–H groups in total. The molecule has 1 aliphatic heterocycles. The fourth-order valence-corrected chi connectivity index (χ4v) is 5.84. The van der Waals surface area contributed by atoms with E-state index in [0.29, 0.717) is 26.5 Å². The predicted octanol–water partition coefficient (Wildman–Crippen LogP) is 7.31. The number of hydrogen-bond donors (Lipinski definition) is 1. The number of fused-ring (bicyclic) bond motifs is 1. The summed E-state index contributed by atoms with van der Waals surface area (Å²) < 4.78 is 20.5. The van der Waals surface area contributed by atoms with Gasteiger partial charge in [0.1, 0.15) is 22.2 Å². The van der Waals surface area contributed by atoms with Crippen LogP contribution in [0.1, 0.15) is 34.1 Å². The van der Waals surface area contributed by atoms with E-state index in [1.807, 2.05) is 24.3 Å². The van der Waals surface area contributed by atoms with Crippen molar-refractivity contribution in [3.8, 4) is 17.2 Å². The first kappa shape index (κ1) is 23.8. The molecule has 0 bridgehead atoms. The van der Waals surface area contributed by atoms with Crippen molar-refractivity contribution in [3.63, 3.8) is 0 Å². The van der Waals surface area contributed by atoms with Gasteiger partial charge in [-0.1, -0.05) is 30.7 Å². The zero-order valence-corrected chi connectivity index (χ0v) is 20.8. The van der Waals surface area contributed by atoms with Crippen LogP contribution in [0.3, 0.4) is 0 Å². The predicted molar refractivity (Wildman–Crippen MR) is 139 cm³/mol. The Morgan fingerprint density at radius 2 is 1.97 bits per heavy atom. The van der Waals surface area contributed by atoms with Gasteiger partial charge < -0.3 is 14.7 Å². The Kier molecular flexibility index (Phi) is 6.78. The van der Waals surface area contributed by atoms with Gasteiger partial charge in [0, 0.05) is 28.7 Å². The van der Waals surface area contributed by atoms with Crippen LogP contribution in [-0.4, -0.2) is 35.4 Å². The molecule has 3 aromatic carbocycles. The Labute approximate surface area is 212 Å². The SMILES string of the molecule is CC1CCN(CCc2ccc(Oc3c(C(=O)c4ccc(F)cc4Cl)sc4cc(O)ccc34)cc2)C1. The van der Waals surface area contributed by atoms with Crippen molar-refractivity contribution in [1.29, 1.82) is 0 Å². The minimum absolute atomic E-state index is 0.0398. The van der Waals surface area contributed by atoms with Crippen LogP contribution in [0.15, 0.2) is 60.7 Å². The van der Waals surface area contributed by atoms with E-state index in [-0.39, 0.29) is 22.1 Å². The lowest BCUT2D eigenvalue weighted by Crippen LogP contribution is -2.22. The molecule has 0 aliphatic carbocycles. The first-order valence-electron chi connectivity index (χ1n) is 11.6. The number of ketones is 1. The average Bonchev–Trinajstić information content (AvgIpc) is 3.41. The Bertz CT molecular complexity index is 1390. The molecule has 5 rings (SSSR count). The molecular formula is C28H25ClFNO3S. The maximum absolute atomic E-state index is 13.5. The number of carbonyl (C=O) groups is 1. The van der Waals surface area contributed by atoms with Crippen molar-refractivity contribution in [2.75, 3.05) is 19.6 Å². The second-order valence-electron chi connectivity index (χ2n) is 9.08. The van der Waals surface area contributed by atoms with Crippen LogP contribution in [0.5, 0.6) is 17.2 Å². The summed E-state index contributed by atoms with van der Waals surface area (Å²) in [6, 6.07) is 16.5. The normalized spacial score (nSPS) is 16.1. The van der Waals surface area contributed by atoms with Gasteiger partial charge in [-0.2, -0.15) is 0 Å². The van der Waals surface area contributed by atoms with Gasteiger partial charge in [0.25, 0.3) is 0 Å². The summed E-state index contributed by atoms with van der Waals surface area (Å²) in [7, 11) is 0. The topological polar surface area (TPSA) is 49.8 Å². The number of likely N-dealkylation sites (tertiary alicyclic amines) is 1. The largest absolute Gasteiger partial charge is 0.508 e. The molecule has 2 heterocycles. The van der Waals surface area contributed by atoms with Crippen molar-refractivity contribution in [1.82, 2.24) is 4.90 Å². The number of halogens is 2. The standard InChI is InChI=1S/C28H25ClFNO3S/c1-17-10-12-31(16-17)13-11-18-2-6-21(7-3-18)34-27-23-9-5-20(32)15-25(23)35-28(27)26(33)22-8-4-19(30)14-24(22)29/h2-9,14-15,17,32H,10-13,16H2,1H3. The highest BCUT2D eigenvalue weighted by atomic mass is 35.5. The van der Waals surface area contributed by atoms with E-state index >= 15 is 0 Å². The third-order valence-corrected chi connectivity index (χ3v) is 7.82. The lowest BCUT2D eigenvalue weighted by Gasteiger charge is -2.15. The molecule has 0 radical (unpaired) electrons. The number of aromatic hydroxyl groups is 1. The number of benzene rings is 3. The van der Waals surface area contributed by atoms with Crippen molar-refractivity contribution in [3.05, 3.63) is 87.5 Å². The van der Waals surface area contributed by atoms with Crippen molar-refractivity contribution >= 4 is 38.8 Å². The van der Waals surface area contributed by atoms with E-state index < -0.39 is 5.82 Å². The fraction of sp³-hybridized carbons (Fsp3) is 0.250. The molecule has 180 valence electrons. The van der Waals surface area contributed by atoms with Crippen LogP contribution in [0.4, 0.5) is 4.39 Å². The molecular weight excluding hydrogens is 485 g/mol. The molecule has 0 amide bonds. The number of thiophene rings is 1. The number of phenols is 1. The van der Waals surface area contributed by atoms with E-state index in [4.69, 9.17) is 16.3 Å². The second-order valence-corrected chi connectivity index (χ2v) is 10.5. The van der Waals surface area contributed by atoms with E-state index in [1.54, 1.807) is 18.2 Å². The molecule has 1 fully saturated rings. The maximum Gasteiger partial charge on any atom is 0.208 e. The molecule has 0 spiro atoms. The molecule has 4 aromatic rings. The van der Waals surface area contributed by atoms with Gasteiger partial charge in [0.15, 0.2) is 5.75 Å². The number of hydrogen-bond acceptors (Lipinski definition) is 5. The molecule has 1 saturated heterocycles. The second kappa shape index (κ2) is 9.97. The van der Waals surface area contributed by atoms with Gasteiger partial charge in [-0.15, -0.1) is 11.3 Å². The first-order valence-corrected chi connectivity index (χ1v) is 12.8. The Balaban J connectivity index is 1.41. The number of carbonyl (C=O) groups excluding carboxylic acids is 1. The smallest absolute Gasteiger partial charge is 0.208 e. The monoisotopic (exact) mass is 509 g/mol. The summed E-state index contributed by atoms with van der Waals surface area (Å²) >= 11 is 7.38. The zero-order chi connectivity index (χ0) is 24.5. The molecule has 1 aromatic heterocycles. The minimum atomic E-state index is -0.511. The fourth-order valence-electron chi connectivity index (χ4n) is 4.47. The Morgan fingerprint density at radius 3 is 2.69 bits per heavy atom. The molecule has 1 unspecified atom stereocenters. The summed E-state index contributed by atoms with van der Waals surface area (Å²) in [4.78, 5) is 16.2. The summed E-state index contributed by atoms with van der Waals surface area (Å²) in [6.45, 7) is 5.67. The molecule has 35 heavy (non-hydrogen) atoms. The number of phenolic OH excluding ortho intramolecular Hbond substituents is 1. The molecule has 0 saturated carbocycles. The van der Waals surface area contributed by atoms with Crippen LogP contribution in [0.25, 0.3) is 10.1 Å². The van der Waals surface area contributed by atoms with E-state index in [0.717, 1.165) is 38.0 Å². The van der Waals surface area contributed by atoms with Crippen LogP contribution < -0.4 is 4.74 Å². The number of ether oxygens (including phenoxy) is 1.